The van der Waals surface area contributed by atoms with Gasteiger partial charge < -0.3 is 28.1 Å². The number of rotatable bonds is 12. The van der Waals surface area contributed by atoms with Crippen LogP contribution < -0.4 is 0 Å². The summed E-state index contributed by atoms with van der Waals surface area (Å²) in [6, 6.07) is 0. The monoisotopic (exact) mass is 814 g/mol. The Bertz CT molecular complexity index is 1210. The molecule has 3 fully saturated rings. The molecule has 7 nitrogen and oxygen atoms in total. The van der Waals surface area contributed by atoms with Crippen LogP contribution in [0.4, 0.5) is 0 Å². The zero-order valence-electron chi connectivity index (χ0n) is 32.8. The lowest BCUT2D eigenvalue weighted by atomic mass is 9.73. The number of allylic oxidation sites excluding steroid dienone is 4. The van der Waals surface area contributed by atoms with Crippen LogP contribution in [-0.4, -0.2) is 69.9 Å². The molecule has 8 atom stereocenters. The summed E-state index contributed by atoms with van der Waals surface area (Å²) in [4.78, 5) is 12.4. The number of ether oxygens (including phenoxy) is 5. The van der Waals surface area contributed by atoms with E-state index < -0.39 is 19.5 Å². The van der Waals surface area contributed by atoms with Crippen LogP contribution in [0.25, 0.3) is 0 Å². The molecule has 3 rings (SSSR count). The summed E-state index contributed by atoms with van der Waals surface area (Å²) in [6.07, 6.45) is 17.2. The van der Waals surface area contributed by atoms with Gasteiger partial charge in [-0.15, -0.1) is 0 Å². The summed E-state index contributed by atoms with van der Waals surface area (Å²) >= 11 is 2.28. The molecule has 49 heavy (non-hydrogen) atoms. The first-order chi connectivity index (χ1) is 22.6. The van der Waals surface area contributed by atoms with Crippen molar-refractivity contribution in [2.45, 2.75) is 169 Å². The average molecular weight is 815 g/mol. The lowest BCUT2D eigenvalue weighted by Gasteiger charge is -2.54. The van der Waals surface area contributed by atoms with Crippen LogP contribution in [0.5, 0.6) is 0 Å². The third-order valence-electron chi connectivity index (χ3n) is 10.8. The Kier molecular flexibility index (Phi) is 15.1. The normalized spacial score (nSPS) is 33.3. The van der Waals surface area contributed by atoms with Crippen molar-refractivity contribution in [2.75, 3.05) is 13.2 Å². The second kappa shape index (κ2) is 17.3. The van der Waals surface area contributed by atoms with Crippen LogP contribution in [0.1, 0.15) is 108 Å². The van der Waals surface area contributed by atoms with Gasteiger partial charge in [-0.25, -0.2) is 0 Å². The largest absolute Gasteiger partial charge is 0.465 e. The maximum absolute atomic E-state index is 12.4. The second-order valence-corrected chi connectivity index (χ2v) is 23.2. The molecule has 0 aliphatic carbocycles. The molecule has 0 aromatic carbocycles. The Morgan fingerprint density at radius 3 is 2.35 bits per heavy atom. The maximum Gasteiger partial charge on any atom is 0.311 e. The van der Waals surface area contributed by atoms with Gasteiger partial charge in [0.05, 0.1) is 55.3 Å². The molecular formula is C40H67IO7Si. The predicted octanol–water partition coefficient (Wildman–Crippen LogP) is 10.3. The number of hydrogen-bond donors (Lipinski definition) is 0. The SMILES string of the molecule is CC(=C/[C@@H]1O[C@H](C/C=C/I)C[C@@H](O[Si](C)(C)C(C)(C)C)[C@@H]1C)/C=C/C/C=C/[C@@H]1C[C@H]2OC(C)(C)OC[C@@]2(C)[C@H](CCOC(=O)C(C)(C)C)O1. The zero-order valence-corrected chi connectivity index (χ0v) is 35.9. The van der Waals surface area contributed by atoms with Gasteiger partial charge in [-0.1, -0.05) is 99.2 Å². The standard InChI is InChI=1S/C40H67IO7Si/c1-28(24-32-29(2)33(25-30(45-32)20-17-22-41)48-49(12,13)38(6,7)8)18-15-14-16-19-31-26-35-40(11,27-44-39(9,10)47-35)34(46-31)21-23-43-36(42)37(3,4)5/h15-19,22,24,29-35H,14,20-21,23,25-27H2,1-13H3/b18-15+,19-16+,22-17+,28-24-/t29-,30-,31-,32+,33-,34+,35-,40+/m1/s1. The predicted molar refractivity (Wildman–Crippen MR) is 210 cm³/mol. The van der Waals surface area contributed by atoms with Gasteiger partial charge in [0.2, 0.25) is 0 Å². The number of carbonyl (C=O) groups is 1. The zero-order chi connectivity index (χ0) is 36.8. The van der Waals surface area contributed by atoms with E-state index in [2.05, 4.69) is 118 Å². The van der Waals surface area contributed by atoms with Crippen molar-refractivity contribution in [3.8, 4) is 0 Å². The smallest absolute Gasteiger partial charge is 0.311 e. The Morgan fingerprint density at radius 2 is 1.71 bits per heavy atom. The molecule has 3 saturated heterocycles. The number of halogens is 1. The molecule has 0 aromatic heterocycles. The van der Waals surface area contributed by atoms with Gasteiger partial charge in [0, 0.05) is 24.2 Å². The lowest BCUT2D eigenvalue weighted by molar-refractivity contribution is -0.351. The van der Waals surface area contributed by atoms with Crippen LogP contribution in [-0.2, 0) is 32.9 Å². The van der Waals surface area contributed by atoms with E-state index in [4.69, 9.17) is 28.1 Å². The second-order valence-electron chi connectivity index (χ2n) is 17.7. The molecular weight excluding hydrogens is 747 g/mol. The molecule has 9 heteroatoms. The molecule has 0 unspecified atom stereocenters. The van der Waals surface area contributed by atoms with Crippen LogP contribution in [0.15, 0.2) is 46.1 Å². The number of esters is 1. The van der Waals surface area contributed by atoms with Crippen molar-refractivity contribution in [3.05, 3.63) is 46.1 Å². The topological polar surface area (TPSA) is 72.5 Å². The van der Waals surface area contributed by atoms with E-state index in [-0.39, 0.29) is 59.0 Å². The summed E-state index contributed by atoms with van der Waals surface area (Å²) in [5.41, 5.74) is 0.327. The highest BCUT2D eigenvalue weighted by molar-refractivity contribution is 14.1. The van der Waals surface area contributed by atoms with E-state index in [1.165, 1.54) is 5.57 Å². The van der Waals surface area contributed by atoms with E-state index in [0.29, 0.717) is 19.6 Å². The molecule has 0 radical (unpaired) electrons. The van der Waals surface area contributed by atoms with E-state index in [1.807, 2.05) is 34.6 Å². The quantitative estimate of drug-likeness (QED) is 0.0639. The Morgan fingerprint density at radius 1 is 1.02 bits per heavy atom. The Hall–Kier alpha value is -0.823. The Labute approximate surface area is 313 Å². The molecule has 0 spiro atoms. The van der Waals surface area contributed by atoms with Crippen molar-refractivity contribution in [1.29, 1.82) is 0 Å². The van der Waals surface area contributed by atoms with E-state index >= 15 is 0 Å². The summed E-state index contributed by atoms with van der Waals surface area (Å²) in [5, 5.41) is 0.165. The summed E-state index contributed by atoms with van der Waals surface area (Å²) in [7, 11) is -1.91. The minimum absolute atomic E-state index is 0.00426. The van der Waals surface area contributed by atoms with Crippen LogP contribution in [0, 0.1) is 16.7 Å². The first kappa shape index (κ1) is 42.6. The third-order valence-corrected chi connectivity index (χ3v) is 15.8. The first-order valence-corrected chi connectivity index (χ1v) is 22.5. The number of fused-ring (bicyclic) bond motifs is 1. The summed E-state index contributed by atoms with van der Waals surface area (Å²) in [6.45, 7) is 28.6. The summed E-state index contributed by atoms with van der Waals surface area (Å²) < 4.78 is 40.5. The van der Waals surface area contributed by atoms with E-state index in [1.54, 1.807) is 0 Å². The first-order valence-electron chi connectivity index (χ1n) is 18.3. The molecule has 0 bridgehead atoms. The summed E-state index contributed by atoms with van der Waals surface area (Å²) in [5.74, 6) is -0.575. The highest BCUT2D eigenvalue weighted by Gasteiger charge is 2.53. The Balaban J connectivity index is 1.65. The number of hydrogen-bond acceptors (Lipinski definition) is 7. The fraction of sp³-hybridized carbons (Fsp3) is 0.775. The minimum Gasteiger partial charge on any atom is -0.465 e. The molecule has 280 valence electrons. The molecule has 0 aromatic rings. The minimum atomic E-state index is -1.91. The molecule has 0 saturated carbocycles. The third kappa shape index (κ3) is 12.1. The highest BCUT2D eigenvalue weighted by Crippen LogP contribution is 2.46. The molecule has 3 heterocycles. The fourth-order valence-electron chi connectivity index (χ4n) is 6.40. The molecule has 0 N–H and O–H groups in total. The maximum atomic E-state index is 12.4. The van der Waals surface area contributed by atoms with Crippen molar-refractivity contribution >= 4 is 36.9 Å². The van der Waals surface area contributed by atoms with Gasteiger partial charge in [-0.2, -0.15) is 0 Å². The molecule has 0 amide bonds. The van der Waals surface area contributed by atoms with Gasteiger partial charge in [0.15, 0.2) is 14.1 Å². The average Bonchev–Trinajstić information content (AvgIpc) is 2.97. The van der Waals surface area contributed by atoms with Gasteiger partial charge in [-0.3, -0.25) is 4.79 Å². The van der Waals surface area contributed by atoms with E-state index in [0.717, 1.165) is 25.7 Å². The van der Waals surface area contributed by atoms with Crippen LogP contribution in [0.3, 0.4) is 0 Å². The molecule has 3 aliphatic rings. The number of carbonyl (C=O) groups excluding carboxylic acids is 1. The van der Waals surface area contributed by atoms with Gasteiger partial charge in [0.25, 0.3) is 0 Å². The van der Waals surface area contributed by atoms with Crippen molar-refractivity contribution in [2.24, 2.45) is 16.7 Å². The fourth-order valence-corrected chi connectivity index (χ4v) is 8.12. The van der Waals surface area contributed by atoms with Crippen LogP contribution >= 0.6 is 22.6 Å². The van der Waals surface area contributed by atoms with Gasteiger partial charge in [-0.05, 0) is 83.0 Å². The van der Waals surface area contributed by atoms with Crippen molar-refractivity contribution in [3.63, 3.8) is 0 Å². The van der Waals surface area contributed by atoms with Crippen molar-refractivity contribution in [1.82, 2.24) is 0 Å². The van der Waals surface area contributed by atoms with Crippen LogP contribution in [0.2, 0.25) is 18.1 Å². The lowest BCUT2D eigenvalue weighted by Crippen LogP contribution is -2.61. The highest BCUT2D eigenvalue weighted by atomic mass is 127. The van der Waals surface area contributed by atoms with E-state index in [9.17, 15) is 4.79 Å². The molecule has 3 aliphatic heterocycles. The van der Waals surface area contributed by atoms with Gasteiger partial charge in [0.1, 0.15) is 0 Å². The van der Waals surface area contributed by atoms with Crippen molar-refractivity contribution < 1.29 is 32.9 Å². The van der Waals surface area contributed by atoms with Gasteiger partial charge >= 0.3 is 5.97 Å².